The van der Waals surface area contributed by atoms with E-state index < -0.39 is 0 Å². The summed E-state index contributed by atoms with van der Waals surface area (Å²) >= 11 is 0. The molecule has 2 saturated heterocycles. The van der Waals surface area contributed by atoms with Crippen LogP contribution in [0.25, 0.3) is 0 Å². The average molecular weight is 302 g/mol. The van der Waals surface area contributed by atoms with Crippen LogP contribution in [-0.2, 0) is 16.1 Å². The predicted octanol–water partition coefficient (Wildman–Crippen LogP) is 2.77. The maximum Gasteiger partial charge on any atom is 0.0892 e. The second kappa shape index (κ2) is 6.26. The van der Waals surface area contributed by atoms with Gasteiger partial charge in [0.2, 0.25) is 0 Å². The Morgan fingerprint density at radius 3 is 3.05 bits per heavy atom. The lowest BCUT2D eigenvalue weighted by Crippen LogP contribution is -2.53. The molecular formula is C18H26N2O2. The lowest BCUT2D eigenvalue weighted by molar-refractivity contribution is -0.0707. The van der Waals surface area contributed by atoms with Crippen molar-refractivity contribution >= 4 is 0 Å². The Balaban J connectivity index is 1.31. The quantitative estimate of drug-likeness (QED) is 0.856. The van der Waals surface area contributed by atoms with Gasteiger partial charge in [0, 0.05) is 25.2 Å². The lowest BCUT2D eigenvalue weighted by Gasteiger charge is -2.46. The minimum absolute atomic E-state index is 0.0582. The van der Waals surface area contributed by atoms with Crippen LogP contribution in [0.5, 0.6) is 0 Å². The number of piperidine rings is 1. The van der Waals surface area contributed by atoms with Crippen molar-refractivity contribution in [3.05, 3.63) is 30.1 Å². The molecule has 0 bridgehead atoms. The van der Waals surface area contributed by atoms with Gasteiger partial charge < -0.3 is 9.47 Å². The van der Waals surface area contributed by atoms with E-state index in [2.05, 4.69) is 9.88 Å². The summed E-state index contributed by atoms with van der Waals surface area (Å²) in [5.41, 5.74) is 1.06. The number of aromatic nitrogens is 1. The Morgan fingerprint density at radius 2 is 2.27 bits per heavy atom. The second-order valence-electron chi connectivity index (χ2n) is 7.11. The standard InChI is InChI=1S/C18H26N2O2/c1-2-9-19-15(5-1)12-21-17-11-18(22-13-17)8-4-10-20(14-18)16-6-3-7-16/h1-2,5,9,16-17H,3-4,6-8,10-14H2/t17-,18-/m0/s1. The highest BCUT2D eigenvalue weighted by Crippen LogP contribution is 2.38. The van der Waals surface area contributed by atoms with E-state index in [4.69, 9.17) is 9.47 Å². The predicted molar refractivity (Wildman–Crippen MR) is 84.6 cm³/mol. The van der Waals surface area contributed by atoms with Crippen molar-refractivity contribution in [1.82, 2.24) is 9.88 Å². The monoisotopic (exact) mass is 302 g/mol. The second-order valence-corrected chi connectivity index (χ2v) is 7.11. The molecule has 3 aliphatic rings. The highest BCUT2D eigenvalue weighted by molar-refractivity contribution is 5.02. The fraction of sp³-hybridized carbons (Fsp3) is 0.722. The normalized spacial score (nSPS) is 33.2. The van der Waals surface area contributed by atoms with E-state index in [0.29, 0.717) is 6.61 Å². The summed E-state index contributed by atoms with van der Waals surface area (Å²) in [6, 6.07) is 6.80. The van der Waals surface area contributed by atoms with Crippen molar-refractivity contribution in [2.24, 2.45) is 0 Å². The van der Waals surface area contributed by atoms with Crippen molar-refractivity contribution in [3.63, 3.8) is 0 Å². The van der Waals surface area contributed by atoms with Crippen LogP contribution in [0.3, 0.4) is 0 Å². The Bertz CT molecular complexity index is 491. The van der Waals surface area contributed by atoms with Crippen LogP contribution in [0.1, 0.15) is 44.2 Å². The molecule has 4 rings (SSSR count). The van der Waals surface area contributed by atoms with Gasteiger partial charge >= 0.3 is 0 Å². The number of nitrogens with zero attached hydrogens (tertiary/aromatic N) is 2. The van der Waals surface area contributed by atoms with Crippen molar-refractivity contribution in [1.29, 1.82) is 0 Å². The summed E-state index contributed by atoms with van der Waals surface area (Å²) in [6.45, 7) is 3.71. The van der Waals surface area contributed by atoms with Crippen molar-refractivity contribution in [3.8, 4) is 0 Å². The van der Waals surface area contributed by atoms with Crippen molar-refractivity contribution in [2.75, 3.05) is 19.7 Å². The van der Waals surface area contributed by atoms with E-state index in [1.165, 1.54) is 38.6 Å². The summed E-state index contributed by atoms with van der Waals surface area (Å²) in [7, 11) is 0. The first-order valence-corrected chi connectivity index (χ1v) is 8.73. The van der Waals surface area contributed by atoms with Crippen LogP contribution in [0.4, 0.5) is 0 Å². The van der Waals surface area contributed by atoms with E-state index in [0.717, 1.165) is 31.3 Å². The molecule has 120 valence electrons. The average Bonchev–Trinajstić information content (AvgIpc) is 2.87. The fourth-order valence-corrected chi connectivity index (χ4v) is 4.08. The summed E-state index contributed by atoms with van der Waals surface area (Å²) in [4.78, 5) is 7.00. The third-order valence-corrected chi connectivity index (χ3v) is 5.53. The van der Waals surface area contributed by atoms with E-state index in [9.17, 15) is 0 Å². The van der Waals surface area contributed by atoms with Crippen LogP contribution in [0.2, 0.25) is 0 Å². The van der Waals surface area contributed by atoms with Gasteiger partial charge in [-0.1, -0.05) is 12.5 Å². The molecule has 4 heteroatoms. The zero-order chi connectivity index (χ0) is 14.8. The SMILES string of the molecule is c1ccc(CO[C@@H]2CO[C@@]3(CCCN(C4CCC4)C3)C2)nc1. The molecule has 0 aromatic carbocycles. The molecule has 4 nitrogen and oxygen atoms in total. The smallest absolute Gasteiger partial charge is 0.0892 e. The van der Waals surface area contributed by atoms with Crippen LogP contribution >= 0.6 is 0 Å². The lowest BCUT2D eigenvalue weighted by atomic mass is 9.84. The molecule has 3 heterocycles. The van der Waals surface area contributed by atoms with Crippen molar-refractivity contribution < 1.29 is 9.47 Å². The Labute approximate surface area is 132 Å². The van der Waals surface area contributed by atoms with Gasteiger partial charge in [0.1, 0.15) is 0 Å². The van der Waals surface area contributed by atoms with E-state index in [1.54, 1.807) is 0 Å². The summed E-state index contributed by atoms with van der Waals surface area (Å²) in [5, 5.41) is 0. The molecule has 0 amide bonds. The molecular weight excluding hydrogens is 276 g/mol. The molecule has 1 aromatic rings. The Morgan fingerprint density at radius 1 is 1.32 bits per heavy atom. The van der Waals surface area contributed by atoms with E-state index in [-0.39, 0.29) is 11.7 Å². The topological polar surface area (TPSA) is 34.6 Å². The first-order chi connectivity index (χ1) is 10.8. The van der Waals surface area contributed by atoms with Crippen LogP contribution in [-0.4, -0.2) is 47.3 Å². The molecule has 22 heavy (non-hydrogen) atoms. The third-order valence-electron chi connectivity index (χ3n) is 5.53. The van der Waals surface area contributed by atoms with Gasteiger partial charge in [0.05, 0.1) is 30.6 Å². The molecule has 1 spiro atoms. The van der Waals surface area contributed by atoms with Gasteiger partial charge in [-0.25, -0.2) is 0 Å². The maximum atomic E-state index is 6.24. The zero-order valence-corrected chi connectivity index (χ0v) is 13.2. The van der Waals surface area contributed by atoms with Crippen LogP contribution < -0.4 is 0 Å². The van der Waals surface area contributed by atoms with Gasteiger partial charge in [-0.05, 0) is 44.4 Å². The van der Waals surface area contributed by atoms with E-state index in [1.807, 2.05) is 24.4 Å². The number of pyridine rings is 1. The zero-order valence-electron chi connectivity index (χ0n) is 13.2. The van der Waals surface area contributed by atoms with Gasteiger partial charge in [0.25, 0.3) is 0 Å². The molecule has 0 N–H and O–H groups in total. The summed E-state index contributed by atoms with van der Waals surface area (Å²) in [6.07, 6.45) is 9.73. The highest BCUT2D eigenvalue weighted by atomic mass is 16.6. The fourth-order valence-electron chi connectivity index (χ4n) is 4.08. The Kier molecular flexibility index (Phi) is 4.16. The number of likely N-dealkylation sites (tertiary alicyclic amines) is 1. The molecule has 1 aromatic heterocycles. The molecule has 1 saturated carbocycles. The number of rotatable bonds is 4. The third kappa shape index (κ3) is 3.05. The van der Waals surface area contributed by atoms with Crippen molar-refractivity contribution in [2.45, 2.75) is 62.9 Å². The van der Waals surface area contributed by atoms with Gasteiger partial charge in [-0.15, -0.1) is 0 Å². The van der Waals surface area contributed by atoms with Gasteiger partial charge in [-0.3, -0.25) is 9.88 Å². The van der Waals surface area contributed by atoms with Gasteiger partial charge in [-0.2, -0.15) is 0 Å². The maximum absolute atomic E-state index is 6.24. The first kappa shape index (κ1) is 14.6. The summed E-state index contributed by atoms with van der Waals surface area (Å²) in [5.74, 6) is 0. The summed E-state index contributed by atoms with van der Waals surface area (Å²) < 4.78 is 12.3. The molecule has 1 aliphatic carbocycles. The molecule has 3 fully saturated rings. The van der Waals surface area contributed by atoms with Crippen LogP contribution in [0.15, 0.2) is 24.4 Å². The minimum atomic E-state index is 0.0582. The van der Waals surface area contributed by atoms with Crippen LogP contribution in [0, 0.1) is 0 Å². The highest BCUT2D eigenvalue weighted by Gasteiger charge is 2.45. The minimum Gasteiger partial charge on any atom is -0.371 e. The number of hydrogen-bond donors (Lipinski definition) is 0. The first-order valence-electron chi connectivity index (χ1n) is 8.73. The van der Waals surface area contributed by atoms with Gasteiger partial charge in [0.15, 0.2) is 0 Å². The molecule has 2 aliphatic heterocycles. The molecule has 2 atom stereocenters. The van der Waals surface area contributed by atoms with E-state index >= 15 is 0 Å². The molecule has 0 radical (unpaired) electrons. The number of hydrogen-bond acceptors (Lipinski definition) is 4. The molecule has 0 unspecified atom stereocenters. The Hall–Kier alpha value is -0.970. The number of ether oxygens (including phenoxy) is 2. The largest absolute Gasteiger partial charge is 0.371 e.